The van der Waals surface area contributed by atoms with Gasteiger partial charge < -0.3 is 16.0 Å². The number of nitrogens with one attached hydrogen (secondary N) is 3. The number of carbonyl (C=O) groups is 1. The molecule has 28 heavy (non-hydrogen) atoms. The fourth-order valence-corrected chi connectivity index (χ4v) is 2.76. The van der Waals surface area contributed by atoms with Crippen LogP contribution < -0.4 is 16.0 Å². The number of rotatable bonds is 11. The second-order valence-electron chi connectivity index (χ2n) is 6.63. The maximum Gasteiger partial charge on any atom is 0.246 e. The zero-order chi connectivity index (χ0) is 20.0. The van der Waals surface area contributed by atoms with E-state index < -0.39 is 0 Å². The van der Waals surface area contributed by atoms with Crippen molar-refractivity contribution in [1.82, 2.24) is 20.4 Å². The number of amides is 1. The highest BCUT2D eigenvalue weighted by atomic mass is 16.2. The van der Waals surface area contributed by atoms with Crippen LogP contribution in [0.1, 0.15) is 45.1 Å². The molecule has 7 heteroatoms. The van der Waals surface area contributed by atoms with E-state index in [1.165, 1.54) is 19.3 Å². The van der Waals surface area contributed by atoms with Gasteiger partial charge in [-0.25, -0.2) is 4.99 Å². The fraction of sp³-hybridized carbons (Fsp3) is 0.476. The normalized spacial score (nSPS) is 11.3. The van der Waals surface area contributed by atoms with E-state index in [2.05, 4.69) is 39.9 Å². The molecule has 1 amide bonds. The Morgan fingerprint density at radius 1 is 1.14 bits per heavy atom. The number of benzene rings is 1. The number of hydrogen-bond donors (Lipinski definition) is 3. The van der Waals surface area contributed by atoms with Crippen LogP contribution >= 0.6 is 0 Å². The molecular weight excluding hydrogens is 352 g/mol. The molecule has 2 rings (SSSR count). The highest BCUT2D eigenvalue weighted by Crippen LogP contribution is 2.12. The summed E-state index contributed by atoms with van der Waals surface area (Å²) in [5, 5.41) is 13.6. The molecule has 0 atom stereocenters. The van der Waals surface area contributed by atoms with E-state index in [9.17, 15) is 4.79 Å². The van der Waals surface area contributed by atoms with Gasteiger partial charge in [-0.1, -0.05) is 38.3 Å². The van der Waals surface area contributed by atoms with E-state index in [1.807, 2.05) is 24.3 Å². The third kappa shape index (κ3) is 8.24. The largest absolute Gasteiger partial charge is 0.357 e. The lowest BCUT2D eigenvalue weighted by atomic mass is 10.2. The molecule has 0 aliphatic heterocycles. The van der Waals surface area contributed by atoms with Crippen LogP contribution in [0, 0.1) is 0 Å². The predicted molar refractivity (Wildman–Crippen MR) is 114 cm³/mol. The molecular formula is C21H32N6O. The maximum atomic E-state index is 12.1. The van der Waals surface area contributed by atoms with Gasteiger partial charge in [0.2, 0.25) is 5.91 Å². The lowest BCUT2D eigenvalue weighted by molar-refractivity contribution is -0.116. The Kier molecular flexibility index (Phi) is 9.61. The third-order valence-corrected chi connectivity index (χ3v) is 4.16. The number of aliphatic imine (C=N–C) groups is 1. The molecule has 3 N–H and O–H groups in total. The first kappa shape index (κ1) is 21.5. The van der Waals surface area contributed by atoms with Crippen molar-refractivity contribution >= 4 is 17.6 Å². The Balaban J connectivity index is 1.86. The van der Waals surface area contributed by atoms with Crippen molar-refractivity contribution in [2.75, 3.05) is 18.4 Å². The zero-order valence-electron chi connectivity index (χ0n) is 16.9. The molecule has 1 aromatic carbocycles. The highest BCUT2D eigenvalue weighted by Gasteiger charge is 2.04. The van der Waals surface area contributed by atoms with Crippen molar-refractivity contribution in [1.29, 1.82) is 0 Å². The summed E-state index contributed by atoms with van der Waals surface area (Å²) in [5.74, 6) is 0.721. The van der Waals surface area contributed by atoms with Crippen LogP contribution in [0.2, 0.25) is 0 Å². The Morgan fingerprint density at radius 2 is 2.04 bits per heavy atom. The van der Waals surface area contributed by atoms with Crippen molar-refractivity contribution in [3.8, 4) is 0 Å². The van der Waals surface area contributed by atoms with Crippen molar-refractivity contribution in [2.24, 2.45) is 4.99 Å². The second kappa shape index (κ2) is 12.5. The van der Waals surface area contributed by atoms with Gasteiger partial charge in [0.25, 0.3) is 0 Å². The molecule has 0 fully saturated rings. The van der Waals surface area contributed by atoms with Crippen molar-refractivity contribution in [3.63, 3.8) is 0 Å². The summed E-state index contributed by atoms with van der Waals surface area (Å²) in [5.41, 5.74) is 1.81. The zero-order valence-corrected chi connectivity index (χ0v) is 16.9. The molecule has 0 saturated carbocycles. The predicted octanol–water partition coefficient (Wildman–Crippen LogP) is 3.16. The molecule has 2 aromatic rings. The molecule has 7 nitrogen and oxygen atoms in total. The average Bonchev–Trinajstić information content (AvgIpc) is 3.19. The first-order valence-corrected chi connectivity index (χ1v) is 10.1. The Morgan fingerprint density at radius 3 is 2.79 bits per heavy atom. The third-order valence-electron chi connectivity index (χ3n) is 4.16. The SMILES string of the molecule is CCCCCCNC(=NCc1cccc(NC(=O)Cn2cccn2)c1)NCC. The van der Waals surface area contributed by atoms with Crippen LogP contribution in [0.15, 0.2) is 47.7 Å². The van der Waals surface area contributed by atoms with Crippen LogP contribution in [-0.2, 0) is 17.9 Å². The second-order valence-corrected chi connectivity index (χ2v) is 6.63. The molecule has 0 saturated heterocycles. The topological polar surface area (TPSA) is 83.3 Å². The molecule has 0 aliphatic carbocycles. The molecule has 1 aromatic heterocycles. The Bertz CT molecular complexity index is 726. The highest BCUT2D eigenvalue weighted by molar-refractivity contribution is 5.90. The van der Waals surface area contributed by atoms with E-state index in [0.29, 0.717) is 6.54 Å². The summed E-state index contributed by atoms with van der Waals surface area (Å²) in [4.78, 5) is 16.8. The average molecular weight is 385 g/mol. The molecule has 152 valence electrons. The molecule has 1 heterocycles. The smallest absolute Gasteiger partial charge is 0.246 e. The van der Waals surface area contributed by atoms with Crippen molar-refractivity contribution in [3.05, 3.63) is 48.3 Å². The van der Waals surface area contributed by atoms with E-state index in [-0.39, 0.29) is 12.5 Å². The van der Waals surface area contributed by atoms with E-state index >= 15 is 0 Å². The van der Waals surface area contributed by atoms with Crippen LogP contribution in [0.3, 0.4) is 0 Å². The quantitative estimate of drug-likeness (QED) is 0.316. The van der Waals surface area contributed by atoms with Gasteiger partial charge in [0.1, 0.15) is 6.54 Å². The number of carbonyl (C=O) groups excluding carboxylic acids is 1. The summed E-state index contributed by atoms with van der Waals surface area (Å²) in [7, 11) is 0. The van der Waals surface area contributed by atoms with Crippen LogP contribution in [-0.4, -0.2) is 34.7 Å². The van der Waals surface area contributed by atoms with Crippen LogP contribution in [0.5, 0.6) is 0 Å². The van der Waals surface area contributed by atoms with Gasteiger partial charge in [-0.3, -0.25) is 9.48 Å². The summed E-state index contributed by atoms with van der Waals surface area (Å²) >= 11 is 0. The minimum absolute atomic E-state index is 0.105. The van der Waals surface area contributed by atoms with Gasteiger partial charge in [-0.15, -0.1) is 0 Å². The standard InChI is InChI=1S/C21H32N6O/c1-3-5-6-7-12-23-21(22-4-2)24-16-18-10-8-11-19(15-18)26-20(28)17-27-14-9-13-25-27/h8-11,13-15H,3-7,12,16-17H2,1-2H3,(H,26,28)(H2,22,23,24). The monoisotopic (exact) mass is 384 g/mol. The van der Waals surface area contributed by atoms with Crippen molar-refractivity contribution < 1.29 is 4.79 Å². The number of anilines is 1. The van der Waals surface area contributed by atoms with Gasteiger partial charge in [-0.05, 0) is 37.1 Å². The van der Waals surface area contributed by atoms with Gasteiger partial charge >= 0.3 is 0 Å². The molecule has 0 unspecified atom stereocenters. The Hall–Kier alpha value is -2.83. The maximum absolute atomic E-state index is 12.1. The van der Waals surface area contributed by atoms with Crippen molar-refractivity contribution in [2.45, 2.75) is 52.6 Å². The number of hydrogen-bond acceptors (Lipinski definition) is 3. The van der Waals surface area contributed by atoms with Crippen LogP contribution in [0.25, 0.3) is 0 Å². The van der Waals surface area contributed by atoms with E-state index in [4.69, 9.17) is 0 Å². The lowest BCUT2D eigenvalue weighted by Gasteiger charge is -2.11. The lowest BCUT2D eigenvalue weighted by Crippen LogP contribution is -2.37. The van der Waals surface area contributed by atoms with Gasteiger partial charge in [0, 0.05) is 31.2 Å². The molecule has 0 bridgehead atoms. The fourth-order valence-electron chi connectivity index (χ4n) is 2.76. The van der Waals surface area contributed by atoms with Gasteiger partial charge in [0.15, 0.2) is 5.96 Å². The van der Waals surface area contributed by atoms with E-state index in [0.717, 1.165) is 36.7 Å². The van der Waals surface area contributed by atoms with Gasteiger partial charge in [-0.2, -0.15) is 5.10 Å². The molecule has 0 spiro atoms. The number of nitrogens with zero attached hydrogens (tertiary/aromatic N) is 3. The summed E-state index contributed by atoms with van der Waals surface area (Å²) in [6, 6.07) is 9.57. The Labute approximate surface area is 167 Å². The minimum Gasteiger partial charge on any atom is -0.357 e. The summed E-state index contributed by atoms with van der Waals surface area (Å²) in [6.07, 6.45) is 8.32. The summed E-state index contributed by atoms with van der Waals surface area (Å²) < 4.78 is 1.60. The number of aromatic nitrogens is 2. The molecule has 0 aliphatic rings. The number of guanidine groups is 1. The summed E-state index contributed by atoms with van der Waals surface area (Å²) in [6.45, 7) is 6.77. The van der Waals surface area contributed by atoms with E-state index in [1.54, 1.807) is 23.1 Å². The first-order valence-electron chi connectivity index (χ1n) is 10.1. The molecule has 0 radical (unpaired) electrons. The first-order chi connectivity index (χ1) is 13.7. The minimum atomic E-state index is -0.105. The number of unbranched alkanes of at least 4 members (excludes halogenated alkanes) is 3. The van der Waals surface area contributed by atoms with Crippen LogP contribution in [0.4, 0.5) is 5.69 Å². The van der Waals surface area contributed by atoms with Gasteiger partial charge in [0.05, 0.1) is 6.54 Å².